The lowest BCUT2D eigenvalue weighted by Gasteiger charge is -2.30. The number of hydrogen-bond donors (Lipinski definition) is 6. The number of fused-ring (bicyclic) bond motifs is 3. The Morgan fingerprint density at radius 3 is 1.66 bits per heavy atom. The first kappa shape index (κ1) is 42.8. The zero-order chi connectivity index (χ0) is 45.4. The molecule has 0 saturated heterocycles. The summed E-state index contributed by atoms with van der Waals surface area (Å²) in [6, 6.07) is 21.4. The van der Waals surface area contributed by atoms with Gasteiger partial charge in [0.2, 0.25) is 0 Å². The van der Waals surface area contributed by atoms with Gasteiger partial charge in [-0.3, -0.25) is 28.6 Å². The molecule has 3 heterocycles. The van der Waals surface area contributed by atoms with E-state index in [9.17, 15) is 36.0 Å². The number of imidazole rings is 1. The molecule has 0 aliphatic heterocycles. The maximum Gasteiger partial charge on any atom is 0.314 e. The highest BCUT2D eigenvalue weighted by Gasteiger charge is 2.30. The van der Waals surface area contributed by atoms with E-state index in [0.29, 0.717) is 37.8 Å². The van der Waals surface area contributed by atoms with Crippen LogP contribution in [0.1, 0.15) is 60.0 Å². The number of H-pyrrole nitrogens is 4. The first-order valence-corrected chi connectivity index (χ1v) is 23.7. The summed E-state index contributed by atoms with van der Waals surface area (Å²) in [5.41, 5.74) is 2.76. The van der Waals surface area contributed by atoms with Crippen LogP contribution in [0, 0.1) is 13.8 Å². The largest absolute Gasteiger partial charge is 0.331 e. The van der Waals surface area contributed by atoms with E-state index in [1.54, 1.807) is 38.1 Å². The number of anilines is 2. The first-order chi connectivity index (χ1) is 30.3. The van der Waals surface area contributed by atoms with Crippen LogP contribution in [0.2, 0.25) is 10.0 Å². The SMILES string of the molecule is Cc1cc2[nH]c(=O)c(=O)[nH]c2cc1S(=O)(=O)Nc1ccc(-c2ccc3c(c2)nc(C2CCCC(c4ccc(NS(=O)(=O)c5cc6[nH]c(=O)c(=O)[nH]c6cc5C)cc4Cl)C2)n3C)c(Cl)c1. The molecule has 64 heavy (non-hydrogen) atoms. The van der Waals surface area contributed by atoms with Crippen molar-refractivity contribution in [2.75, 3.05) is 9.44 Å². The number of nitrogens with one attached hydrogen (secondary N) is 6. The predicted octanol–water partition coefficient (Wildman–Crippen LogP) is 7.27. The van der Waals surface area contributed by atoms with Crippen LogP contribution in [-0.2, 0) is 27.1 Å². The minimum Gasteiger partial charge on any atom is -0.331 e. The minimum atomic E-state index is -4.13. The number of aryl methyl sites for hydroxylation is 3. The second-order valence-electron chi connectivity index (χ2n) is 16.1. The lowest BCUT2D eigenvalue weighted by Crippen LogP contribution is -2.29. The van der Waals surface area contributed by atoms with Gasteiger partial charge in [-0.05, 0) is 122 Å². The second kappa shape index (κ2) is 16.0. The molecule has 20 heteroatoms. The van der Waals surface area contributed by atoms with Gasteiger partial charge in [0, 0.05) is 23.6 Å². The number of aromatic amines is 4. The lowest BCUT2D eigenvalue weighted by atomic mass is 9.77. The van der Waals surface area contributed by atoms with Crippen LogP contribution in [-0.4, -0.2) is 46.3 Å². The van der Waals surface area contributed by atoms with Crippen LogP contribution < -0.4 is 31.7 Å². The number of nitrogens with zero attached hydrogens (tertiary/aromatic N) is 2. The van der Waals surface area contributed by atoms with Crippen molar-refractivity contribution >= 4 is 87.7 Å². The average Bonchev–Trinajstić information content (AvgIpc) is 3.56. The lowest BCUT2D eigenvalue weighted by molar-refractivity contribution is 0.378. The van der Waals surface area contributed by atoms with Crippen LogP contribution >= 0.6 is 23.2 Å². The van der Waals surface area contributed by atoms with Gasteiger partial charge < -0.3 is 24.5 Å². The fourth-order valence-corrected chi connectivity index (χ4v) is 11.9. The van der Waals surface area contributed by atoms with Gasteiger partial charge >= 0.3 is 22.2 Å². The Labute approximate surface area is 373 Å². The fourth-order valence-electron chi connectivity index (χ4n) is 8.70. The first-order valence-electron chi connectivity index (χ1n) is 20.0. The molecule has 3 aromatic heterocycles. The molecule has 0 radical (unpaired) electrons. The Morgan fingerprint density at radius 1 is 0.625 bits per heavy atom. The average molecular weight is 942 g/mol. The highest BCUT2D eigenvalue weighted by Crippen LogP contribution is 2.44. The highest BCUT2D eigenvalue weighted by atomic mass is 35.5. The van der Waals surface area contributed by atoms with E-state index in [2.05, 4.69) is 33.9 Å². The van der Waals surface area contributed by atoms with Crippen LogP contribution in [0.3, 0.4) is 0 Å². The molecule has 6 N–H and O–H groups in total. The number of aromatic nitrogens is 6. The van der Waals surface area contributed by atoms with Gasteiger partial charge in [0.05, 0.1) is 59.3 Å². The maximum absolute atomic E-state index is 13.5. The van der Waals surface area contributed by atoms with E-state index in [1.165, 1.54) is 30.3 Å². The Bertz CT molecular complexity index is 3750. The van der Waals surface area contributed by atoms with Gasteiger partial charge in [0.25, 0.3) is 20.0 Å². The van der Waals surface area contributed by atoms with Crippen molar-refractivity contribution in [3.05, 3.63) is 153 Å². The van der Waals surface area contributed by atoms with Gasteiger partial charge in [-0.25, -0.2) is 21.8 Å². The topological polar surface area (TPSA) is 242 Å². The standard InChI is InChI=1S/C44H38Cl2N8O8S2/c1-21-13-32-34(50-43(57)41(55)48-32)19-38(21)63(59,60)52-26-8-10-28(30(45)17-26)23-5-4-6-25(15-23)40-47-36-16-24(7-12-37(36)54(40)3)29-11-9-27(18-31(29)46)53-64(61,62)39-20-35-33(14-22(39)2)49-42(56)44(58)51-35/h7-14,16-20,23,25,52-53H,4-6,15H2,1-3H3,(H,48,55)(H,49,56)(H,50,57)(H,51,58). The molecule has 1 fully saturated rings. The Morgan fingerprint density at radius 2 is 1.12 bits per heavy atom. The van der Waals surface area contributed by atoms with E-state index in [-0.39, 0.29) is 44.0 Å². The van der Waals surface area contributed by atoms with Crippen molar-refractivity contribution in [2.45, 2.75) is 61.2 Å². The Kier molecular flexibility index (Phi) is 10.7. The minimum absolute atomic E-state index is 0.0636. The molecule has 9 rings (SSSR count). The molecule has 5 aromatic carbocycles. The number of halogens is 2. The third kappa shape index (κ3) is 7.90. The monoisotopic (exact) mass is 940 g/mol. The highest BCUT2D eigenvalue weighted by molar-refractivity contribution is 7.93. The van der Waals surface area contributed by atoms with Crippen molar-refractivity contribution in [3.8, 4) is 11.1 Å². The number of benzene rings is 5. The zero-order valence-corrected chi connectivity index (χ0v) is 37.4. The van der Waals surface area contributed by atoms with Crippen molar-refractivity contribution in [2.24, 2.45) is 7.05 Å². The van der Waals surface area contributed by atoms with Crippen molar-refractivity contribution in [3.63, 3.8) is 0 Å². The van der Waals surface area contributed by atoms with Gasteiger partial charge in [-0.1, -0.05) is 47.8 Å². The van der Waals surface area contributed by atoms with E-state index in [1.807, 2.05) is 31.3 Å². The van der Waals surface area contributed by atoms with Crippen LogP contribution in [0.15, 0.2) is 108 Å². The van der Waals surface area contributed by atoms with Crippen LogP contribution in [0.25, 0.3) is 44.2 Å². The molecule has 8 aromatic rings. The van der Waals surface area contributed by atoms with Crippen LogP contribution in [0.4, 0.5) is 11.4 Å². The van der Waals surface area contributed by atoms with Crippen molar-refractivity contribution in [1.82, 2.24) is 29.5 Å². The number of hydrogen-bond acceptors (Lipinski definition) is 9. The maximum atomic E-state index is 13.5. The van der Waals surface area contributed by atoms with Crippen molar-refractivity contribution in [1.29, 1.82) is 0 Å². The van der Waals surface area contributed by atoms with Gasteiger partial charge in [0.15, 0.2) is 0 Å². The zero-order valence-electron chi connectivity index (χ0n) is 34.2. The molecule has 1 aliphatic carbocycles. The summed E-state index contributed by atoms with van der Waals surface area (Å²) in [5, 5.41) is 0.729. The van der Waals surface area contributed by atoms with Crippen molar-refractivity contribution < 1.29 is 16.8 Å². The number of sulfonamides is 2. The van der Waals surface area contributed by atoms with Gasteiger partial charge in [-0.15, -0.1) is 0 Å². The third-order valence-corrected chi connectivity index (χ3v) is 15.5. The van der Waals surface area contributed by atoms with E-state index in [0.717, 1.165) is 53.7 Å². The molecule has 1 saturated carbocycles. The van der Waals surface area contributed by atoms with E-state index in [4.69, 9.17) is 28.2 Å². The summed E-state index contributed by atoms with van der Waals surface area (Å²) in [5.74, 6) is 1.11. The van der Waals surface area contributed by atoms with Gasteiger partial charge in [0.1, 0.15) is 5.82 Å². The fraction of sp³-hybridized carbons (Fsp3) is 0.205. The Balaban J connectivity index is 0.914. The van der Waals surface area contributed by atoms with E-state index >= 15 is 0 Å². The molecule has 2 unspecified atom stereocenters. The molecule has 1 aliphatic rings. The predicted molar refractivity (Wildman–Crippen MR) is 248 cm³/mol. The molecule has 0 bridgehead atoms. The van der Waals surface area contributed by atoms with E-state index < -0.39 is 42.3 Å². The second-order valence-corrected chi connectivity index (χ2v) is 20.2. The molecule has 0 spiro atoms. The normalized spacial score (nSPS) is 15.8. The van der Waals surface area contributed by atoms with Crippen LogP contribution in [0.5, 0.6) is 0 Å². The molecule has 328 valence electrons. The molecule has 16 nitrogen and oxygen atoms in total. The summed E-state index contributed by atoms with van der Waals surface area (Å²) in [7, 11) is -6.25. The summed E-state index contributed by atoms with van der Waals surface area (Å²) in [6.07, 6.45) is 3.50. The molecular weight excluding hydrogens is 904 g/mol. The summed E-state index contributed by atoms with van der Waals surface area (Å²) < 4.78 is 61.3. The third-order valence-electron chi connectivity index (χ3n) is 11.8. The quantitative estimate of drug-likeness (QED) is 0.0797. The summed E-state index contributed by atoms with van der Waals surface area (Å²) in [6.45, 7) is 3.18. The summed E-state index contributed by atoms with van der Waals surface area (Å²) in [4.78, 5) is 62.0. The molecule has 2 atom stereocenters. The molecule has 0 amide bonds. The molecular formula is C44H38Cl2N8O8S2. The number of rotatable bonds is 9. The summed E-state index contributed by atoms with van der Waals surface area (Å²) >= 11 is 13.6. The van der Waals surface area contributed by atoms with Gasteiger partial charge in [-0.2, -0.15) is 0 Å². The Hall–Kier alpha value is -6.47. The smallest absolute Gasteiger partial charge is 0.314 e.